The fourth-order valence-corrected chi connectivity index (χ4v) is 22.9. The topological polar surface area (TPSA) is 537 Å². The highest BCUT2D eigenvalue weighted by atomic mass is 79.9. The predicted molar refractivity (Wildman–Crippen MR) is 549 cm³/mol. The highest BCUT2D eigenvalue weighted by Gasteiger charge is 2.76. The first-order chi connectivity index (χ1) is 66.8. The number of ether oxygens (including phenoxy) is 4. The molecular formula is C105H148BrClN10O22S3. The average Bonchev–Trinajstić information content (AvgIpc) is 1.41. The number of nitrogens with one attached hydrogen (secondary N) is 6. The number of allylic oxidation sites excluding steroid dienone is 4. The van der Waals surface area contributed by atoms with Gasteiger partial charge in [-0.1, -0.05) is 162 Å². The largest absolute Gasteiger partial charge is 1.00 e. The lowest BCUT2D eigenvalue weighted by molar-refractivity contribution is -0.968. The van der Waals surface area contributed by atoms with Crippen molar-refractivity contribution in [3.8, 4) is 17.2 Å². The van der Waals surface area contributed by atoms with E-state index in [1.54, 1.807) is 62.4 Å². The second-order valence-corrected chi connectivity index (χ2v) is 42.7. The van der Waals surface area contributed by atoms with Crippen LogP contribution in [-0.4, -0.2) is 221 Å². The van der Waals surface area contributed by atoms with Gasteiger partial charge in [0.05, 0.1) is 73.9 Å². The van der Waals surface area contributed by atoms with Crippen LogP contribution in [-0.2, 0) is 78.5 Å². The van der Waals surface area contributed by atoms with Crippen LogP contribution in [0.2, 0.25) is 0 Å². The molecule has 20 N–H and O–H groups in total. The molecule has 2 aliphatic heterocycles. The minimum absolute atomic E-state index is 0. The minimum atomic E-state index is -3.86. The Balaban J connectivity index is 0.000000237. The third kappa shape index (κ3) is 32.3. The molecule has 3 heterocycles. The number of anilines is 1. The van der Waals surface area contributed by atoms with E-state index >= 15 is 0 Å². The monoisotopic (exact) mass is 2110 g/mol. The number of alkyl halides is 1. The van der Waals surface area contributed by atoms with Gasteiger partial charge in [-0.15, -0.1) is 22.9 Å². The lowest BCUT2D eigenvalue weighted by Crippen LogP contribution is -3.00. The molecule has 2 saturated heterocycles. The molecule has 3 saturated carbocycles. The minimum Gasteiger partial charge on any atom is -1.00 e. The number of aromatic carboxylic acids is 1. The fourth-order valence-electron chi connectivity index (χ4n) is 20.2. The summed E-state index contributed by atoms with van der Waals surface area (Å²) >= 11 is 10.3. The Morgan fingerprint density at radius 3 is 1.93 bits per heavy atom. The Morgan fingerprint density at radius 2 is 1.35 bits per heavy atom. The Hall–Kier alpha value is -9.32. The second kappa shape index (κ2) is 55.8. The summed E-state index contributed by atoms with van der Waals surface area (Å²) in [5, 5.41) is 129. The van der Waals surface area contributed by atoms with E-state index in [4.69, 9.17) is 62.5 Å². The predicted octanol–water partition coefficient (Wildman–Crippen LogP) is 11.4. The number of aromatic nitrogens is 1. The number of aromatic hydroxyl groups is 3. The number of benzene rings is 6. The number of esters is 3. The number of β-amino-alcohol motifs (C(OH)–C–C–N with tert-alkyl or cyclic N) is 1. The lowest BCUT2D eigenvalue weighted by Gasteiger charge is -2.64. The van der Waals surface area contributed by atoms with Crippen molar-refractivity contribution >= 4 is 108 Å². The van der Waals surface area contributed by atoms with Crippen LogP contribution < -0.4 is 48.5 Å². The number of hydrogen-bond donors (Lipinski definition) is 18. The van der Waals surface area contributed by atoms with Crippen LogP contribution in [0, 0.1) is 39.4 Å². The van der Waals surface area contributed by atoms with Crippen LogP contribution in [0.3, 0.4) is 0 Å². The molecule has 37 heteroatoms. The second-order valence-electron chi connectivity index (χ2n) is 38.8. The number of aryl methyl sites for hydroxylation is 1. The van der Waals surface area contributed by atoms with Gasteiger partial charge in [0, 0.05) is 127 Å². The number of Topliss-reactive ketones (excluding diaryl/α,β-unsaturated/α-hetero) is 1. The van der Waals surface area contributed by atoms with Gasteiger partial charge >= 0.3 is 23.9 Å². The van der Waals surface area contributed by atoms with Gasteiger partial charge in [0.25, 0.3) is 10.2 Å². The number of thioether (sulfide) groups is 1. The summed E-state index contributed by atoms with van der Waals surface area (Å²) in [7, 11) is -1.49. The quantitative estimate of drug-likeness (QED) is 0.00324. The number of ketones is 2. The number of halogens is 2. The van der Waals surface area contributed by atoms with Crippen molar-refractivity contribution in [3.05, 3.63) is 207 Å². The molecule has 0 radical (unpaired) electrons. The molecule has 6 aromatic carbocycles. The maximum atomic E-state index is 13.9. The van der Waals surface area contributed by atoms with Crippen LogP contribution in [0.5, 0.6) is 17.2 Å². The summed E-state index contributed by atoms with van der Waals surface area (Å²) < 4.78 is 47.2. The average molecular weight is 2110 g/mol. The molecule has 1 aromatic heterocycles. The van der Waals surface area contributed by atoms with Crippen LogP contribution >= 0.6 is 34.7 Å². The summed E-state index contributed by atoms with van der Waals surface area (Å²) in [6.45, 7) is 22.0. The maximum absolute atomic E-state index is 13.9. The third-order valence-electron chi connectivity index (χ3n) is 28.0. The molecule has 782 valence electrons. The molecule has 2 bridgehead atoms. The first kappa shape index (κ1) is 120. The Bertz CT molecular complexity index is 5470. The summed E-state index contributed by atoms with van der Waals surface area (Å²) in [5.74, 6) is -3.40. The Morgan fingerprint density at radius 1 is 0.761 bits per heavy atom. The number of aliphatic hydroxyl groups is 6. The first-order valence-corrected chi connectivity index (χ1v) is 52.4. The maximum Gasteiger partial charge on any atom is 0.339 e. The molecule has 13 rings (SSSR count). The normalized spacial score (nSPS) is 23.4. The molecule has 15 atom stereocenters. The van der Waals surface area contributed by atoms with Gasteiger partial charge in [-0.3, -0.25) is 39.5 Å². The summed E-state index contributed by atoms with van der Waals surface area (Å²) in [6, 6.07) is 41.6. The molecule has 6 aliphatic rings. The number of carbonyl (C=O) groups excluding carboxylic acids is 5. The van der Waals surface area contributed by atoms with E-state index in [1.165, 1.54) is 72.2 Å². The molecule has 0 spiro atoms. The molecule has 4 aliphatic carbocycles. The standard InChI is InChI=1S/C28H37ClO7.C25H37NO4.C20H30NO3.C13H21NO3.C11H8O3.C8H15N7O2S3.BrH/c1-6-23(33)35-15-22(32)28(36-24(34)7-2)16(3)12-20-19-9-8-17-13-18(30)10-11-25(17,4)27(19,29)21(31)14-26(20,28)5;27-20-23-18-22(13-14-24(23)28)25(29)19-26-15-7-1-2-8-16-30-17-9-6-12-21-10-4-3-5-11-21;1-14(2)21(3)16-9-10-17(21)12-18(11-16)24-20(23)19(13-22)15-7-5-4-6-8-15;1-13(2,3)14-7-12(17)9-4-5-11(16)10(6-9)8-15;12-10-8-4-2-1-3-7(8)5-6-9(10)11(13)14;9-6(15-20(12,16)17)1-2-18-3-5-4-19-8(13-5)14-7(10)11;/h10-11,13,16,19-21,31H,6-9,12,14-15H2,1-5H3;3-5,10-11,13-14,18,25-29H,1-2,6-9,12,15-17,19-20H2;4-8,14,16-19,22H,9-13H2,1-3H3;4-6,12,14-17H,7-8H2,1-3H3;1-6,12H,(H,13,14);4H,1-3H2,(H2,9,15)(H2,12,16,17)(H4,10,11,13,14);1H/q;;+1;;;;/p-1/t16-,19-,20-,21-,25-,26-,27-,28-;;16-,17+,18+,19?,21?;;;;/m0....../s1. The Labute approximate surface area is 858 Å². The van der Waals surface area contributed by atoms with E-state index in [9.17, 15) is 78.0 Å². The number of nitrogens with zero attached hydrogens (tertiary/aromatic N) is 2. The summed E-state index contributed by atoms with van der Waals surface area (Å²) in [4.78, 5) is 77.0. The number of nitrogens with two attached hydrogens (primary N) is 2. The number of quaternary nitrogens is 1. The van der Waals surface area contributed by atoms with Gasteiger partial charge in [0.2, 0.25) is 5.78 Å². The third-order valence-corrected chi connectivity index (χ3v) is 31.3. The molecule has 7 aromatic rings. The Kier molecular flexibility index (Phi) is 47.0. The van der Waals surface area contributed by atoms with E-state index in [0.717, 1.165) is 97.8 Å². The number of piperidine rings is 1. The van der Waals surface area contributed by atoms with Crippen molar-refractivity contribution in [2.75, 3.05) is 64.2 Å². The van der Waals surface area contributed by atoms with Crippen LogP contribution in [0.25, 0.3) is 10.8 Å². The number of carboxylic acids is 1. The van der Waals surface area contributed by atoms with E-state index in [0.29, 0.717) is 94.8 Å². The number of hydrogen-bond acceptors (Lipinski definition) is 28. The lowest BCUT2D eigenvalue weighted by atomic mass is 9.45. The summed E-state index contributed by atoms with van der Waals surface area (Å²) in [6.07, 6.45) is 17.4. The van der Waals surface area contributed by atoms with Crippen molar-refractivity contribution in [2.45, 2.75) is 268 Å². The van der Waals surface area contributed by atoms with Crippen molar-refractivity contribution in [1.82, 2.24) is 20.3 Å². The number of carbonyl (C=O) groups is 6. The number of carboxylic acid groups (broad SMARTS) is 1. The molecule has 4 unspecified atom stereocenters. The number of phenols is 3. The fraction of sp³-hybridized carbons (Fsp3) is 0.533. The van der Waals surface area contributed by atoms with Gasteiger partial charge in [0.1, 0.15) is 40.7 Å². The van der Waals surface area contributed by atoms with Crippen LogP contribution in [0.15, 0.2) is 163 Å². The number of unbranched alkanes of at least 4 members (excludes halogenated alkanes) is 4. The van der Waals surface area contributed by atoms with E-state index < -0.39 is 86.0 Å². The van der Waals surface area contributed by atoms with Gasteiger partial charge < -0.3 is 113 Å². The van der Waals surface area contributed by atoms with E-state index in [1.807, 2.05) is 100 Å². The highest BCUT2D eigenvalue weighted by Crippen LogP contribution is 2.72. The molecule has 0 amide bonds. The van der Waals surface area contributed by atoms with Gasteiger partial charge in [-0.05, 0) is 181 Å². The van der Waals surface area contributed by atoms with Gasteiger partial charge in [0.15, 0.2) is 29.1 Å². The van der Waals surface area contributed by atoms with E-state index in [2.05, 4.69) is 72.2 Å². The van der Waals surface area contributed by atoms with Crippen molar-refractivity contribution in [2.24, 2.45) is 39.5 Å². The zero-order valence-electron chi connectivity index (χ0n) is 83.3. The van der Waals surface area contributed by atoms with Crippen LogP contribution in [0.1, 0.15) is 246 Å². The number of rotatable bonds is 39. The number of amidine groups is 1. The van der Waals surface area contributed by atoms with Crippen molar-refractivity contribution < 1.29 is 129 Å². The number of thiazole rings is 1. The van der Waals surface area contributed by atoms with Crippen molar-refractivity contribution in [3.63, 3.8) is 0 Å². The smallest absolute Gasteiger partial charge is 0.339 e. The van der Waals surface area contributed by atoms with Gasteiger partial charge in [-0.2, -0.15) is 20.2 Å². The van der Waals surface area contributed by atoms with E-state index in [-0.39, 0.29) is 138 Å². The first-order valence-electron chi connectivity index (χ1n) is 48.5. The zero-order valence-corrected chi connectivity index (χ0v) is 88.1. The SMILES string of the molecule is CC(C)(C)NCC(O)c1ccc(O)c(CO)c1.CC(C)[N+]1(C)[C@@H]2CC[C@H]1C[C@@H](OC(=O)C(CO)c1ccccc1)C2.CCC(=O)OCC(=O)[C@@]1(OC(=O)CC)[C@@H](C)C[C@H]2[C@@H]3CCC4=CC(=O)C=C[C@]4(C)[C@@]3(Cl)[C@@H](O)C[C@@]21C.N=C(N)Nc1nc(CSCCC(=N)NS(N)(=O)=O)cs1.O=C(O)c1ccc2ccccc2c1O.OCc1cc(C(O)CNCCCCCCOCCCCc2ccccc2)ccc1O.[Br-]. The summed E-state index contributed by atoms with van der Waals surface area (Å²) in [5.41, 5.74) is 8.09. The molecule has 32 nitrogen and oxygen atoms in total. The molecular weight excluding hydrogens is 1960 g/mol. The van der Waals surface area contributed by atoms with Gasteiger partial charge in [-0.25, -0.2) is 14.9 Å². The number of fused-ring (bicyclic) bond motifs is 8. The highest BCUT2D eigenvalue weighted by molar-refractivity contribution is 7.98. The molecule has 5 fully saturated rings. The van der Waals surface area contributed by atoms with Crippen molar-refractivity contribution in [1.29, 1.82) is 10.8 Å². The zero-order chi connectivity index (χ0) is 104. The number of guanidine groups is 1. The number of aliphatic hydroxyl groups excluding tert-OH is 6. The molecule has 142 heavy (non-hydrogen) atoms. The van der Waals surface area contributed by atoms with Crippen LogP contribution in [0.4, 0.5) is 5.13 Å².